The van der Waals surface area contributed by atoms with Gasteiger partial charge in [-0.25, -0.2) is 0 Å². The Balaban J connectivity index is 1.99. The summed E-state index contributed by atoms with van der Waals surface area (Å²) in [5.41, 5.74) is 0.882. The molecule has 3 nitrogen and oxygen atoms in total. The van der Waals surface area contributed by atoms with E-state index in [2.05, 4.69) is 6.92 Å². The van der Waals surface area contributed by atoms with Crippen LogP contribution >= 0.6 is 11.8 Å². The molecule has 1 aromatic rings. The maximum Gasteiger partial charge on any atom is 0.227 e. The second-order valence-corrected chi connectivity index (χ2v) is 5.83. The zero-order valence-corrected chi connectivity index (χ0v) is 11.4. The molecule has 0 saturated carbocycles. The molecule has 2 rings (SSSR count). The van der Waals surface area contributed by atoms with Gasteiger partial charge in [0.1, 0.15) is 5.75 Å². The first kappa shape index (κ1) is 13.3. The number of thioether (sulfide) groups is 1. The van der Waals surface area contributed by atoms with Crippen LogP contribution in [0.15, 0.2) is 24.3 Å². The zero-order valence-electron chi connectivity index (χ0n) is 10.6. The number of carbonyl (C=O) groups is 1. The van der Waals surface area contributed by atoms with E-state index in [-0.39, 0.29) is 11.7 Å². The summed E-state index contributed by atoms with van der Waals surface area (Å²) in [6.45, 7) is 3.00. The van der Waals surface area contributed by atoms with E-state index in [0.29, 0.717) is 11.8 Å². The molecular formula is C14H19NO2S. The van der Waals surface area contributed by atoms with Crippen molar-refractivity contribution in [2.75, 3.05) is 12.3 Å². The van der Waals surface area contributed by atoms with Gasteiger partial charge in [0.25, 0.3) is 0 Å². The first-order valence-corrected chi connectivity index (χ1v) is 7.44. The van der Waals surface area contributed by atoms with Gasteiger partial charge in [-0.3, -0.25) is 4.79 Å². The average molecular weight is 265 g/mol. The van der Waals surface area contributed by atoms with Gasteiger partial charge in [0, 0.05) is 12.3 Å². The number of phenolic OH excluding ortho intramolecular Hbond substituents is 1. The molecule has 0 unspecified atom stereocenters. The monoisotopic (exact) mass is 265 g/mol. The van der Waals surface area contributed by atoms with Crippen LogP contribution in [-0.2, 0) is 11.2 Å². The van der Waals surface area contributed by atoms with Crippen LogP contribution < -0.4 is 0 Å². The summed E-state index contributed by atoms with van der Waals surface area (Å²) >= 11 is 1.87. The van der Waals surface area contributed by atoms with E-state index in [1.807, 2.05) is 22.7 Å². The highest BCUT2D eigenvalue weighted by Gasteiger charge is 2.28. The van der Waals surface area contributed by atoms with E-state index in [0.717, 1.165) is 30.7 Å². The second-order valence-electron chi connectivity index (χ2n) is 4.55. The molecule has 98 valence electrons. The Hall–Kier alpha value is -1.16. The van der Waals surface area contributed by atoms with Crippen LogP contribution in [0.4, 0.5) is 0 Å². The number of carbonyl (C=O) groups excluding carboxylic acids is 1. The van der Waals surface area contributed by atoms with Crippen LogP contribution in [-0.4, -0.2) is 33.6 Å². The van der Waals surface area contributed by atoms with Gasteiger partial charge < -0.3 is 10.0 Å². The minimum Gasteiger partial charge on any atom is -0.508 e. The van der Waals surface area contributed by atoms with Crippen LogP contribution in [0.2, 0.25) is 0 Å². The van der Waals surface area contributed by atoms with Crippen molar-refractivity contribution in [3.8, 4) is 5.75 Å². The molecule has 18 heavy (non-hydrogen) atoms. The number of hydrogen-bond acceptors (Lipinski definition) is 3. The van der Waals surface area contributed by atoms with Crippen molar-refractivity contribution >= 4 is 17.7 Å². The third kappa shape index (κ3) is 3.19. The number of hydrogen-bond donors (Lipinski definition) is 1. The van der Waals surface area contributed by atoms with Gasteiger partial charge in [0.15, 0.2) is 0 Å². The Morgan fingerprint density at radius 2 is 2.39 bits per heavy atom. The van der Waals surface area contributed by atoms with Crippen molar-refractivity contribution in [2.24, 2.45) is 0 Å². The molecule has 1 amide bonds. The summed E-state index contributed by atoms with van der Waals surface area (Å²) in [7, 11) is 0. The molecule has 0 aromatic heterocycles. The molecular weight excluding hydrogens is 246 g/mol. The Bertz CT molecular complexity index is 422. The van der Waals surface area contributed by atoms with Crippen molar-refractivity contribution in [1.29, 1.82) is 0 Å². The number of benzene rings is 1. The molecule has 0 bridgehead atoms. The third-order valence-corrected chi connectivity index (χ3v) is 4.41. The minimum atomic E-state index is 0.170. The van der Waals surface area contributed by atoms with E-state index < -0.39 is 0 Å². The van der Waals surface area contributed by atoms with Crippen LogP contribution in [0.5, 0.6) is 5.75 Å². The lowest BCUT2D eigenvalue weighted by Gasteiger charge is -2.23. The van der Waals surface area contributed by atoms with Crippen LogP contribution in [0.1, 0.15) is 25.3 Å². The van der Waals surface area contributed by atoms with Crippen molar-refractivity contribution in [1.82, 2.24) is 4.90 Å². The van der Waals surface area contributed by atoms with Gasteiger partial charge in [-0.05, 0) is 24.1 Å². The van der Waals surface area contributed by atoms with E-state index in [4.69, 9.17) is 0 Å². The van der Waals surface area contributed by atoms with Gasteiger partial charge in [-0.2, -0.15) is 0 Å². The third-order valence-electron chi connectivity index (χ3n) is 3.11. The van der Waals surface area contributed by atoms with E-state index in [1.165, 1.54) is 0 Å². The Labute approximate surface area is 112 Å². The summed E-state index contributed by atoms with van der Waals surface area (Å²) in [4.78, 5) is 14.2. The van der Waals surface area contributed by atoms with Gasteiger partial charge >= 0.3 is 0 Å². The Morgan fingerprint density at radius 3 is 3.11 bits per heavy atom. The molecule has 1 aliphatic rings. The molecule has 0 aliphatic carbocycles. The highest BCUT2D eigenvalue weighted by atomic mass is 32.2. The van der Waals surface area contributed by atoms with E-state index in [1.54, 1.807) is 18.2 Å². The lowest BCUT2D eigenvalue weighted by atomic mass is 10.1. The van der Waals surface area contributed by atoms with Gasteiger partial charge in [-0.1, -0.05) is 25.5 Å². The molecule has 1 saturated heterocycles. The number of nitrogens with zero attached hydrogens (tertiary/aromatic N) is 1. The average Bonchev–Trinajstić information content (AvgIpc) is 2.78. The standard InChI is InChI=1S/C14H19NO2S/c1-2-4-14-15(7-8-18-14)13(17)10-11-5-3-6-12(16)9-11/h3,5-6,9,14,16H,2,4,7-8,10H2,1H3/t14-/m1/s1. The highest BCUT2D eigenvalue weighted by molar-refractivity contribution is 8.00. The smallest absolute Gasteiger partial charge is 0.227 e. The maximum absolute atomic E-state index is 12.2. The fourth-order valence-electron chi connectivity index (χ4n) is 2.24. The zero-order chi connectivity index (χ0) is 13.0. The molecule has 0 radical (unpaired) electrons. The molecule has 1 fully saturated rings. The van der Waals surface area contributed by atoms with Crippen molar-refractivity contribution in [2.45, 2.75) is 31.6 Å². The second kappa shape index (κ2) is 6.14. The molecule has 1 atom stereocenters. The van der Waals surface area contributed by atoms with Crippen molar-refractivity contribution < 1.29 is 9.90 Å². The molecule has 1 aliphatic heterocycles. The van der Waals surface area contributed by atoms with Crippen molar-refractivity contribution in [3.05, 3.63) is 29.8 Å². The SMILES string of the molecule is CCC[C@H]1SCCN1C(=O)Cc1cccc(O)c1. The molecule has 1 aromatic carbocycles. The summed E-state index contributed by atoms with van der Waals surface area (Å²) in [6.07, 6.45) is 2.55. The van der Waals surface area contributed by atoms with Gasteiger partial charge in [0.05, 0.1) is 11.8 Å². The highest BCUT2D eigenvalue weighted by Crippen LogP contribution is 2.28. The first-order chi connectivity index (χ1) is 8.70. The number of amides is 1. The topological polar surface area (TPSA) is 40.5 Å². The molecule has 1 N–H and O–H groups in total. The maximum atomic E-state index is 12.2. The fraction of sp³-hybridized carbons (Fsp3) is 0.500. The van der Waals surface area contributed by atoms with Crippen molar-refractivity contribution in [3.63, 3.8) is 0 Å². The van der Waals surface area contributed by atoms with Crippen LogP contribution in [0, 0.1) is 0 Å². The van der Waals surface area contributed by atoms with Crippen LogP contribution in [0.25, 0.3) is 0 Å². The minimum absolute atomic E-state index is 0.170. The van der Waals surface area contributed by atoms with Gasteiger partial charge in [0.2, 0.25) is 5.91 Å². The Kier molecular flexibility index (Phi) is 4.53. The summed E-state index contributed by atoms with van der Waals surface area (Å²) in [5.74, 6) is 1.43. The molecule has 1 heterocycles. The van der Waals surface area contributed by atoms with E-state index in [9.17, 15) is 9.90 Å². The normalized spacial score (nSPS) is 19.2. The lowest BCUT2D eigenvalue weighted by Crippen LogP contribution is -2.35. The van der Waals surface area contributed by atoms with Gasteiger partial charge in [-0.15, -0.1) is 11.8 Å². The number of aromatic hydroxyl groups is 1. The first-order valence-electron chi connectivity index (χ1n) is 6.39. The Morgan fingerprint density at radius 1 is 1.56 bits per heavy atom. The predicted molar refractivity (Wildman–Crippen MR) is 74.7 cm³/mol. The fourth-order valence-corrected chi connectivity index (χ4v) is 3.61. The lowest BCUT2D eigenvalue weighted by molar-refractivity contribution is -0.130. The number of phenols is 1. The quantitative estimate of drug-likeness (QED) is 0.910. The summed E-state index contributed by atoms with van der Waals surface area (Å²) < 4.78 is 0. The summed E-state index contributed by atoms with van der Waals surface area (Å²) in [5, 5.41) is 9.75. The molecule has 0 spiro atoms. The molecule has 4 heteroatoms. The summed E-state index contributed by atoms with van der Waals surface area (Å²) in [6, 6.07) is 6.95. The van der Waals surface area contributed by atoms with Crippen LogP contribution in [0.3, 0.4) is 0 Å². The van der Waals surface area contributed by atoms with E-state index >= 15 is 0 Å². The number of rotatable bonds is 4. The largest absolute Gasteiger partial charge is 0.508 e. The predicted octanol–water partition coefficient (Wildman–Crippen LogP) is 2.64.